The van der Waals surface area contributed by atoms with E-state index in [1.807, 2.05) is 0 Å². The third kappa shape index (κ3) is 5.44. The van der Waals surface area contributed by atoms with Gasteiger partial charge in [-0.05, 0) is 30.7 Å². The van der Waals surface area contributed by atoms with E-state index in [-0.39, 0.29) is 0 Å². The lowest BCUT2D eigenvalue weighted by atomic mass is 9.97. The van der Waals surface area contributed by atoms with Crippen molar-refractivity contribution in [1.29, 1.82) is 0 Å². The van der Waals surface area contributed by atoms with Crippen LogP contribution in [0.3, 0.4) is 0 Å². The molecule has 0 saturated carbocycles. The van der Waals surface area contributed by atoms with Gasteiger partial charge in [0.05, 0.1) is 0 Å². The monoisotopic (exact) mass is 288 g/mol. The van der Waals surface area contributed by atoms with Crippen LogP contribution in [0.4, 0.5) is 0 Å². The summed E-state index contributed by atoms with van der Waals surface area (Å²) in [5.74, 6) is 0.777. The van der Waals surface area contributed by atoms with Crippen LogP contribution in [0, 0.1) is 5.92 Å². The number of piperazine rings is 1. The molecule has 0 aliphatic carbocycles. The molecule has 1 N–H and O–H groups in total. The van der Waals surface area contributed by atoms with Crippen LogP contribution >= 0.6 is 0 Å². The fourth-order valence-corrected chi connectivity index (χ4v) is 3.44. The van der Waals surface area contributed by atoms with Crippen molar-refractivity contribution in [2.75, 3.05) is 19.6 Å². The molecule has 2 unspecified atom stereocenters. The zero-order valence-corrected chi connectivity index (χ0v) is 14.0. The van der Waals surface area contributed by atoms with Crippen LogP contribution in [-0.4, -0.2) is 36.6 Å². The predicted octanol–water partition coefficient (Wildman–Crippen LogP) is 3.72. The molecule has 1 saturated heterocycles. The molecule has 0 bridgehead atoms. The number of benzene rings is 1. The second kappa shape index (κ2) is 8.55. The Bertz CT molecular complexity index is 388. The lowest BCUT2D eigenvalue weighted by Gasteiger charge is -2.41. The van der Waals surface area contributed by atoms with Gasteiger partial charge in [0.15, 0.2) is 0 Å². The Balaban J connectivity index is 1.92. The molecule has 118 valence electrons. The molecule has 0 amide bonds. The van der Waals surface area contributed by atoms with Gasteiger partial charge in [-0.2, -0.15) is 0 Å². The Morgan fingerprint density at radius 3 is 2.67 bits per heavy atom. The second-order valence-electron chi connectivity index (χ2n) is 6.91. The minimum Gasteiger partial charge on any atom is -0.311 e. The number of nitrogens with zero attached hydrogens (tertiary/aromatic N) is 1. The van der Waals surface area contributed by atoms with Gasteiger partial charge in [-0.15, -0.1) is 0 Å². The maximum Gasteiger partial charge on any atom is 0.0223 e. The molecule has 21 heavy (non-hydrogen) atoms. The minimum absolute atomic E-state index is 0.689. The predicted molar refractivity (Wildman–Crippen MR) is 91.7 cm³/mol. The van der Waals surface area contributed by atoms with Gasteiger partial charge in [0.2, 0.25) is 0 Å². The average Bonchev–Trinajstić information content (AvgIpc) is 2.48. The van der Waals surface area contributed by atoms with Crippen LogP contribution in [0.1, 0.15) is 45.6 Å². The van der Waals surface area contributed by atoms with Gasteiger partial charge >= 0.3 is 0 Å². The highest BCUT2D eigenvalue weighted by Gasteiger charge is 2.27. The standard InChI is InChI=1S/C19H32N2/c1-4-8-18-15-21(19(14-20-18)13-16(2)3)12-11-17-9-6-5-7-10-17/h5-7,9-10,16,18-20H,4,8,11-15H2,1-3H3. The summed E-state index contributed by atoms with van der Waals surface area (Å²) >= 11 is 0. The topological polar surface area (TPSA) is 15.3 Å². The van der Waals surface area contributed by atoms with E-state index in [1.165, 1.54) is 44.3 Å². The maximum absolute atomic E-state index is 3.76. The van der Waals surface area contributed by atoms with E-state index in [1.54, 1.807) is 0 Å². The smallest absolute Gasteiger partial charge is 0.0223 e. The molecule has 2 nitrogen and oxygen atoms in total. The third-order valence-electron chi connectivity index (χ3n) is 4.52. The molecule has 2 heteroatoms. The summed E-state index contributed by atoms with van der Waals surface area (Å²) in [5, 5.41) is 3.76. The molecule has 1 heterocycles. The van der Waals surface area contributed by atoms with Crippen molar-refractivity contribution < 1.29 is 0 Å². The van der Waals surface area contributed by atoms with Gasteiger partial charge in [0.25, 0.3) is 0 Å². The normalized spacial score (nSPS) is 23.6. The molecule has 1 fully saturated rings. The van der Waals surface area contributed by atoms with Gasteiger partial charge in [0, 0.05) is 31.7 Å². The Hall–Kier alpha value is -0.860. The van der Waals surface area contributed by atoms with E-state index < -0.39 is 0 Å². The van der Waals surface area contributed by atoms with Crippen molar-refractivity contribution in [1.82, 2.24) is 10.2 Å². The van der Waals surface area contributed by atoms with Gasteiger partial charge in [0.1, 0.15) is 0 Å². The molecule has 0 aromatic heterocycles. The van der Waals surface area contributed by atoms with Crippen molar-refractivity contribution in [3.8, 4) is 0 Å². The molecule has 1 aliphatic rings. The second-order valence-corrected chi connectivity index (χ2v) is 6.91. The molecule has 1 aromatic carbocycles. The lowest BCUT2D eigenvalue weighted by molar-refractivity contribution is 0.112. The summed E-state index contributed by atoms with van der Waals surface area (Å²) in [4.78, 5) is 2.74. The van der Waals surface area contributed by atoms with Gasteiger partial charge in [-0.3, -0.25) is 4.90 Å². The largest absolute Gasteiger partial charge is 0.311 e. The Morgan fingerprint density at radius 1 is 1.24 bits per heavy atom. The van der Waals surface area contributed by atoms with E-state index in [2.05, 4.69) is 61.3 Å². The zero-order valence-electron chi connectivity index (χ0n) is 14.0. The van der Waals surface area contributed by atoms with Crippen LogP contribution < -0.4 is 5.32 Å². The van der Waals surface area contributed by atoms with Crippen molar-refractivity contribution >= 4 is 0 Å². The highest BCUT2D eigenvalue weighted by Crippen LogP contribution is 2.18. The van der Waals surface area contributed by atoms with Crippen LogP contribution in [0.25, 0.3) is 0 Å². The Morgan fingerprint density at radius 2 is 2.00 bits per heavy atom. The molecule has 1 aromatic rings. The summed E-state index contributed by atoms with van der Waals surface area (Å²) < 4.78 is 0. The van der Waals surface area contributed by atoms with E-state index in [9.17, 15) is 0 Å². The number of hydrogen-bond acceptors (Lipinski definition) is 2. The van der Waals surface area contributed by atoms with Crippen LogP contribution in [-0.2, 0) is 6.42 Å². The van der Waals surface area contributed by atoms with Crippen molar-refractivity contribution in [2.24, 2.45) is 5.92 Å². The highest BCUT2D eigenvalue weighted by atomic mass is 15.2. The first kappa shape index (κ1) is 16.5. The van der Waals surface area contributed by atoms with E-state index in [0.29, 0.717) is 12.1 Å². The Labute approximate surface area is 130 Å². The summed E-state index contributed by atoms with van der Waals surface area (Å²) in [6.45, 7) is 10.6. The summed E-state index contributed by atoms with van der Waals surface area (Å²) in [6.07, 6.45) is 5.06. The summed E-state index contributed by atoms with van der Waals surface area (Å²) in [7, 11) is 0. The quantitative estimate of drug-likeness (QED) is 0.822. The number of nitrogens with one attached hydrogen (secondary N) is 1. The molecule has 2 rings (SSSR count). The summed E-state index contributed by atoms with van der Waals surface area (Å²) in [5.41, 5.74) is 1.46. The molecular formula is C19H32N2. The zero-order chi connectivity index (χ0) is 15.1. The van der Waals surface area contributed by atoms with Gasteiger partial charge < -0.3 is 5.32 Å². The fourth-order valence-electron chi connectivity index (χ4n) is 3.44. The van der Waals surface area contributed by atoms with E-state index in [4.69, 9.17) is 0 Å². The van der Waals surface area contributed by atoms with Crippen molar-refractivity contribution in [2.45, 2.75) is 58.5 Å². The third-order valence-corrected chi connectivity index (χ3v) is 4.52. The van der Waals surface area contributed by atoms with E-state index >= 15 is 0 Å². The first-order valence-corrected chi connectivity index (χ1v) is 8.70. The van der Waals surface area contributed by atoms with Crippen LogP contribution in [0.5, 0.6) is 0 Å². The fraction of sp³-hybridized carbons (Fsp3) is 0.684. The lowest BCUT2D eigenvalue weighted by Crippen LogP contribution is -2.57. The van der Waals surface area contributed by atoms with E-state index in [0.717, 1.165) is 12.5 Å². The summed E-state index contributed by atoms with van der Waals surface area (Å²) in [6, 6.07) is 12.3. The van der Waals surface area contributed by atoms with Crippen LogP contribution in [0.15, 0.2) is 30.3 Å². The number of rotatable bonds is 7. The Kier molecular flexibility index (Phi) is 6.72. The highest BCUT2D eigenvalue weighted by molar-refractivity contribution is 5.15. The van der Waals surface area contributed by atoms with Gasteiger partial charge in [-0.1, -0.05) is 57.5 Å². The maximum atomic E-state index is 3.76. The SMILES string of the molecule is CCCC1CN(CCc2ccccc2)C(CC(C)C)CN1. The minimum atomic E-state index is 0.689. The number of hydrogen-bond donors (Lipinski definition) is 1. The first-order chi connectivity index (χ1) is 10.2. The van der Waals surface area contributed by atoms with Gasteiger partial charge in [-0.25, -0.2) is 0 Å². The molecule has 1 aliphatic heterocycles. The van der Waals surface area contributed by atoms with Crippen molar-refractivity contribution in [3.63, 3.8) is 0 Å². The molecular weight excluding hydrogens is 256 g/mol. The molecule has 0 spiro atoms. The molecule has 0 radical (unpaired) electrons. The molecule has 2 atom stereocenters. The average molecular weight is 288 g/mol. The first-order valence-electron chi connectivity index (χ1n) is 8.70. The van der Waals surface area contributed by atoms with Crippen LogP contribution in [0.2, 0.25) is 0 Å². The van der Waals surface area contributed by atoms with Crippen molar-refractivity contribution in [3.05, 3.63) is 35.9 Å².